The molecule has 134 valence electrons. The Hall–Kier alpha value is -1.55. The molecule has 1 N–H and O–H groups in total. The summed E-state index contributed by atoms with van der Waals surface area (Å²) in [5, 5.41) is 2.98. The summed E-state index contributed by atoms with van der Waals surface area (Å²) in [5.74, 6) is 0.822. The van der Waals surface area contributed by atoms with Crippen LogP contribution in [0.5, 0.6) is 5.75 Å². The van der Waals surface area contributed by atoms with Crippen LogP contribution in [0, 0.1) is 6.92 Å². The number of ether oxygens (including phenoxy) is 2. The Kier molecular flexibility index (Phi) is 6.67. The monoisotopic (exact) mass is 333 g/mol. The number of unbranched alkanes of at least 4 members (excludes halogenated alkanes) is 1. The number of hydrogen-bond donors (Lipinski definition) is 1. The Morgan fingerprint density at radius 1 is 1.33 bits per heavy atom. The lowest BCUT2D eigenvalue weighted by Crippen LogP contribution is -2.41. The second-order valence-corrected chi connectivity index (χ2v) is 7.00. The zero-order chi connectivity index (χ0) is 17.6. The average Bonchev–Trinajstić information content (AvgIpc) is 3.08. The van der Waals surface area contributed by atoms with Gasteiger partial charge in [0.2, 0.25) is 0 Å². The van der Waals surface area contributed by atoms with Gasteiger partial charge in [-0.1, -0.05) is 19.8 Å². The Labute approximate surface area is 145 Å². The fraction of sp³-hybridized carbons (Fsp3) is 0.650. The predicted octanol–water partition coefficient (Wildman–Crippen LogP) is 4.85. The van der Waals surface area contributed by atoms with Crippen molar-refractivity contribution >= 4 is 11.6 Å². The molecule has 0 spiro atoms. The van der Waals surface area contributed by atoms with E-state index in [1.807, 2.05) is 32.0 Å². The van der Waals surface area contributed by atoms with Crippen LogP contribution in [0.3, 0.4) is 0 Å². The summed E-state index contributed by atoms with van der Waals surface area (Å²) in [7, 11) is 1.60. The van der Waals surface area contributed by atoms with Crippen molar-refractivity contribution in [3.05, 3.63) is 23.8 Å². The Bertz CT molecular complexity index is 552. The minimum absolute atomic E-state index is 0.0951. The quantitative estimate of drug-likeness (QED) is 0.740. The molecule has 1 aromatic rings. The Morgan fingerprint density at radius 2 is 2.04 bits per heavy atom. The molecule has 1 saturated carbocycles. The summed E-state index contributed by atoms with van der Waals surface area (Å²) in [6, 6.07) is 5.84. The highest BCUT2D eigenvalue weighted by atomic mass is 16.5. The standard InChI is InChI=1S/C20H31NO3/c1-5-6-13-20(3,23-4)19(22)21-16-11-12-18(15(2)14-16)24-17-9-7-8-10-17/h11-12,14,17H,5-10,13H2,1-4H3,(H,21,22)/t20-/m1/s1. The summed E-state index contributed by atoms with van der Waals surface area (Å²) in [5.41, 5.74) is 1.05. The van der Waals surface area contributed by atoms with Crippen LogP contribution in [-0.2, 0) is 9.53 Å². The van der Waals surface area contributed by atoms with Crippen molar-refractivity contribution in [2.24, 2.45) is 0 Å². The predicted molar refractivity (Wildman–Crippen MR) is 97.6 cm³/mol. The van der Waals surface area contributed by atoms with E-state index in [9.17, 15) is 4.79 Å². The molecule has 0 aliphatic heterocycles. The number of anilines is 1. The third kappa shape index (κ3) is 4.73. The van der Waals surface area contributed by atoms with Crippen molar-refractivity contribution in [3.8, 4) is 5.75 Å². The van der Waals surface area contributed by atoms with E-state index in [-0.39, 0.29) is 5.91 Å². The number of hydrogen-bond acceptors (Lipinski definition) is 3. The molecule has 0 aromatic heterocycles. The molecule has 1 aliphatic rings. The summed E-state index contributed by atoms with van der Waals surface area (Å²) >= 11 is 0. The number of methoxy groups -OCH3 is 1. The summed E-state index contributed by atoms with van der Waals surface area (Å²) in [6.07, 6.45) is 7.85. The van der Waals surface area contributed by atoms with Crippen LogP contribution in [0.1, 0.15) is 64.4 Å². The Morgan fingerprint density at radius 3 is 2.62 bits per heavy atom. The fourth-order valence-electron chi connectivity index (χ4n) is 3.13. The average molecular weight is 333 g/mol. The topological polar surface area (TPSA) is 47.6 Å². The van der Waals surface area contributed by atoms with Crippen molar-refractivity contribution in [1.82, 2.24) is 0 Å². The van der Waals surface area contributed by atoms with Crippen LogP contribution in [0.25, 0.3) is 0 Å². The molecule has 0 radical (unpaired) electrons. The molecule has 1 aromatic carbocycles. The van der Waals surface area contributed by atoms with Gasteiger partial charge in [-0.05, 0) is 69.7 Å². The molecule has 1 aliphatic carbocycles. The van der Waals surface area contributed by atoms with Gasteiger partial charge in [-0.25, -0.2) is 0 Å². The SMILES string of the molecule is CCCC[C@@](C)(OC)C(=O)Nc1ccc(OC2CCCC2)c(C)c1. The maximum Gasteiger partial charge on any atom is 0.256 e. The largest absolute Gasteiger partial charge is 0.490 e. The summed E-state index contributed by atoms with van der Waals surface area (Å²) < 4.78 is 11.6. The smallest absolute Gasteiger partial charge is 0.256 e. The van der Waals surface area contributed by atoms with E-state index in [0.717, 1.165) is 42.7 Å². The molecule has 1 atom stereocenters. The zero-order valence-electron chi connectivity index (χ0n) is 15.5. The first kappa shape index (κ1) is 18.8. The minimum atomic E-state index is -0.789. The lowest BCUT2D eigenvalue weighted by Gasteiger charge is -2.27. The van der Waals surface area contributed by atoms with Gasteiger partial charge < -0.3 is 14.8 Å². The first-order chi connectivity index (χ1) is 11.5. The second-order valence-electron chi connectivity index (χ2n) is 7.00. The van der Waals surface area contributed by atoms with Crippen LogP contribution >= 0.6 is 0 Å². The molecule has 1 fully saturated rings. The van der Waals surface area contributed by atoms with E-state index in [4.69, 9.17) is 9.47 Å². The molecule has 0 heterocycles. The maximum absolute atomic E-state index is 12.6. The highest BCUT2D eigenvalue weighted by Crippen LogP contribution is 2.29. The normalized spacial score (nSPS) is 17.5. The highest BCUT2D eigenvalue weighted by molar-refractivity contribution is 5.97. The van der Waals surface area contributed by atoms with Gasteiger partial charge in [-0.2, -0.15) is 0 Å². The number of nitrogens with one attached hydrogen (secondary N) is 1. The van der Waals surface area contributed by atoms with Crippen molar-refractivity contribution in [2.75, 3.05) is 12.4 Å². The minimum Gasteiger partial charge on any atom is -0.490 e. The van der Waals surface area contributed by atoms with E-state index in [1.54, 1.807) is 7.11 Å². The first-order valence-corrected chi connectivity index (χ1v) is 9.12. The number of amides is 1. The molecule has 24 heavy (non-hydrogen) atoms. The molecule has 0 saturated heterocycles. The maximum atomic E-state index is 12.6. The number of carbonyl (C=O) groups excluding carboxylic acids is 1. The molecular formula is C20H31NO3. The van der Waals surface area contributed by atoms with Gasteiger partial charge in [0, 0.05) is 12.8 Å². The summed E-state index contributed by atoms with van der Waals surface area (Å²) in [6.45, 7) is 5.98. The van der Waals surface area contributed by atoms with Gasteiger partial charge in [0.05, 0.1) is 6.10 Å². The van der Waals surface area contributed by atoms with Gasteiger partial charge in [-0.3, -0.25) is 4.79 Å². The molecule has 4 nitrogen and oxygen atoms in total. The lowest BCUT2D eigenvalue weighted by atomic mass is 9.97. The zero-order valence-corrected chi connectivity index (χ0v) is 15.5. The summed E-state index contributed by atoms with van der Waals surface area (Å²) in [4.78, 5) is 12.6. The van der Waals surface area contributed by atoms with E-state index in [2.05, 4.69) is 12.2 Å². The third-order valence-electron chi connectivity index (χ3n) is 4.97. The molecular weight excluding hydrogens is 302 g/mol. The van der Waals surface area contributed by atoms with Gasteiger partial charge >= 0.3 is 0 Å². The number of carbonyl (C=O) groups is 1. The van der Waals surface area contributed by atoms with Crippen LogP contribution in [0.4, 0.5) is 5.69 Å². The van der Waals surface area contributed by atoms with Crippen LogP contribution in [0.15, 0.2) is 18.2 Å². The second kappa shape index (κ2) is 8.52. The van der Waals surface area contributed by atoms with Crippen LogP contribution < -0.4 is 10.1 Å². The molecule has 2 rings (SSSR count). The number of benzene rings is 1. The lowest BCUT2D eigenvalue weighted by molar-refractivity contribution is -0.136. The van der Waals surface area contributed by atoms with Crippen molar-refractivity contribution in [3.63, 3.8) is 0 Å². The van der Waals surface area contributed by atoms with Gasteiger partial charge in [0.25, 0.3) is 5.91 Å². The molecule has 4 heteroatoms. The van der Waals surface area contributed by atoms with E-state index in [0.29, 0.717) is 12.5 Å². The Balaban J connectivity index is 2.01. The van der Waals surface area contributed by atoms with E-state index < -0.39 is 5.60 Å². The van der Waals surface area contributed by atoms with E-state index in [1.165, 1.54) is 12.8 Å². The van der Waals surface area contributed by atoms with Crippen molar-refractivity contribution in [2.45, 2.75) is 77.4 Å². The van der Waals surface area contributed by atoms with Crippen molar-refractivity contribution < 1.29 is 14.3 Å². The highest BCUT2D eigenvalue weighted by Gasteiger charge is 2.32. The van der Waals surface area contributed by atoms with E-state index >= 15 is 0 Å². The van der Waals surface area contributed by atoms with Gasteiger partial charge in [-0.15, -0.1) is 0 Å². The fourth-order valence-corrected chi connectivity index (χ4v) is 3.13. The molecule has 0 bridgehead atoms. The van der Waals surface area contributed by atoms with Gasteiger partial charge in [0.1, 0.15) is 11.4 Å². The number of rotatable bonds is 8. The molecule has 1 amide bonds. The third-order valence-corrected chi connectivity index (χ3v) is 4.97. The van der Waals surface area contributed by atoms with Crippen LogP contribution in [-0.4, -0.2) is 24.7 Å². The van der Waals surface area contributed by atoms with Crippen molar-refractivity contribution in [1.29, 1.82) is 0 Å². The first-order valence-electron chi connectivity index (χ1n) is 9.12. The van der Waals surface area contributed by atoms with Gasteiger partial charge in [0.15, 0.2) is 0 Å². The molecule has 0 unspecified atom stereocenters. The number of aryl methyl sites for hydroxylation is 1. The van der Waals surface area contributed by atoms with Crippen LogP contribution in [0.2, 0.25) is 0 Å².